The second-order valence-corrected chi connectivity index (χ2v) is 6.57. The van der Waals surface area contributed by atoms with Crippen LogP contribution >= 0.6 is 11.6 Å². The van der Waals surface area contributed by atoms with Gasteiger partial charge in [0, 0.05) is 5.02 Å². The van der Waals surface area contributed by atoms with Crippen molar-refractivity contribution in [2.75, 3.05) is 7.11 Å². The van der Waals surface area contributed by atoms with Crippen LogP contribution in [0, 0.1) is 5.92 Å². The van der Waals surface area contributed by atoms with Crippen molar-refractivity contribution in [3.8, 4) is 0 Å². The second-order valence-electron chi connectivity index (χ2n) is 6.14. The van der Waals surface area contributed by atoms with Crippen LogP contribution in [0.4, 0.5) is 13.2 Å². The summed E-state index contributed by atoms with van der Waals surface area (Å²) in [5.74, 6) is -2.37. The van der Waals surface area contributed by atoms with Crippen molar-refractivity contribution in [3.05, 3.63) is 34.9 Å². The van der Waals surface area contributed by atoms with Gasteiger partial charge in [-0.3, -0.25) is 4.79 Å². The number of amides is 1. The van der Waals surface area contributed by atoms with Crippen LogP contribution in [-0.2, 0) is 14.3 Å². The Labute approximate surface area is 149 Å². The average molecular weight is 380 g/mol. The molecule has 2 atom stereocenters. The van der Waals surface area contributed by atoms with Gasteiger partial charge in [0.25, 0.3) is 0 Å². The number of hydrogen-bond acceptors (Lipinski definition) is 3. The summed E-state index contributed by atoms with van der Waals surface area (Å²) in [5, 5.41) is 2.66. The van der Waals surface area contributed by atoms with Gasteiger partial charge in [-0.15, -0.1) is 0 Å². The molecular formula is C17H21ClF3NO3. The summed E-state index contributed by atoms with van der Waals surface area (Å²) in [6.45, 7) is 3.79. The highest BCUT2D eigenvalue weighted by molar-refractivity contribution is 6.30. The second kappa shape index (κ2) is 9.08. The van der Waals surface area contributed by atoms with Gasteiger partial charge in [-0.2, -0.15) is 13.2 Å². The Balaban J connectivity index is 3.02. The Bertz CT molecular complexity index is 588. The van der Waals surface area contributed by atoms with E-state index in [1.165, 1.54) is 0 Å². The van der Waals surface area contributed by atoms with Crippen LogP contribution in [0.15, 0.2) is 24.3 Å². The summed E-state index contributed by atoms with van der Waals surface area (Å²) in [7, 11) is 0.975. The first-order valence-electron chi connectivity index (χ1n) is 7.74. The van der Waals surface area contributed by atoms with E-state index in [4.69, 9.17) is 11.6 Å². The van der Waals surface area contributed by atoms with Crippen molar-refractivity contribution in [1.29, 1.82) is 0 Å². The Kier molecular flexibility index (Phi) is 7.73. The summed E-state index contributed by atoms with van der Waals surface area (Å²) in [6.07, 6.45) is -5.69. The van der Waals surface area contributed by atoms with Crippen molar-refractivity contribution in [3.63, 3.8) is 0 Å². The minimum atomic E-state index is -4.61. The first-order valence-corrected chi connectivity index (χ1v) is 8.11. The molecule has 0 spiro atoms. The number of alkyl halides is 3. The van der Waals surface area contributed by atoms with Crippen LogP contribution in [0.1, 0.15) is 38.2 Å². The first kappa shape index (κ1) is 21.3. The molecule has 0 aliphatic rings. The molecule has 25 heavy (non-hydrogen) atoms. The number of methoxy groups -OCH3 is 1. The quantitative estimate of drug-likeness (QED) is 0.726. The molecule has 0 aliphatic heterocycles. The summed E-state index contributed by atoms with van der Waals surface area (Å²) in [4.78, 5) is 24.2. The van der Waals surface area contributed by atoms with Crippen molar-refractivity contribution >= 4 is 23.5 Å². The minimum Gasteiger partial charge on any atom is -0.467 e. The summed E-state index contributed by atoms with van der Waals surface area (Å²) < 4.78 is 42.3. The predicted octanol–water partition coefficient (Wildman–Crippen LogP) is 4.08. The van der Waals surface area contributed by atoms with Gasteiger partial charge in [0.15, 0.2) is 0 Å². The van der Waals surface area contributed by atoms with Crippen molar-refractivity contribution in [2.24, 2.45) is 5.92 Å². The number of carbonyl (C=O) groups is 2. The van der Waals surface area contributed by atoms with Gasteiger partial charge in [-0.05, 0) is 30.0 Å². The Morgan fingerprint density at radius 2 is 1.76 bits per heavy atom. The minimum absolute atomic E-state index is 0.116. The van der Waals surface area contributed by atoms with Crippen molar-refractivity contribution < 1.29 is 27.5 Å². The van der Waals surface area contributed by atoms with Gasteiger partial charge >= 0.3 is 12.1 Å². The first-order chi connectivity index (χ1) is 11.5. The molecule has 1 aromatic carbocycles. The third-order valence-corrected chi connectivity index (χ3v) is 3.79. The van der Waals surface area contributed by atoms with Crippen LogP contribution in [0.5, 0.6) is 0 Å². The lowest BCUT2D eigenvalue weighted by Gasteiger charge is -2.23. The maximum Gasteiger partial charge on any atom is 0.391 e. The number of hydrogen-bond donors (Lipinski definition) is 1. The molecule has 0 heterocycles. The number of nitrogens with one attached hydrogen (secondary N) is 1. The molecule has 0 aliphatic carbocycles. The number of halogens is 4. The van der Waals surface area contributed by atoms with E-state index in [2.05, 4.69) is 10.1 Å². The zero-order chi connectivity index (χ0) is 19.2. The number of ether oxygens (including phenoxy) is 1. The van der Waals surface area contributed by atoms with Gasteiger partial charge in [0.05, 0.1) is 19.4 Å². The maximum atomic E-state index is 12.7. The van der Waals surface area contributed by atoms with E-state index < -0.39 is 36.4 Å². The summed E-state index contributed by atoms with van der Waals surface area (Å²) in [6, 6.07) is 4.72. The molecule has 2 unspecified atom stereocenters. The highest BCUT2D eigenvalue weighted by Gasteiger charge is 2.38. The fraction of sp³-hybridized carbons (Fsp3) is 0.529. The molecule has 1 amide bonds. The Morgan fingerprint density at radius 1 is 1.20 bits per heavy atom. The zero-order valence-electron chi connectivity index (χ0n) is 14.2. The summed E-state index contributed by atoms with van der Waals surface area (Å²) >= 11 is 5.83. The average Bonchev–Trinajstić information content (AvgIpc) is 2.50. The van der Waals surface area contributed by atoms with E-state index in [0.717, 1.165) is 7.11 Å². The lowest BCUT2D eigenvalue weighted by Crippen LogP contribution is -2.46. The Morgan fingerprint density at radius 3 is 2.20 bits per heavy atom. The maximum absolute atomic E-state index is 12.7. The normalized spacial score (nSPS) is 14.1. The third kappa shape index (κ3) is 7.34. The van der Waals surface area contributed by atoms with Crippen LogP contribution in [0.25, 0.3) is 0 Å². The van der Waals surface area contributed by atoms with E-state index in [9.17, 15) is 22.8 Å². The number of benzene rings is 1. The molecular weight excluding hydrogens is 359 g/mol. The van der Waals surface area contributed by atoms with E-state index in [-0.39, 0.29) is 5.92 Å². The lowest BCUT2D eigenvalue weighted by atomic mass is 9.89. The van der Waals surface area contributed by atoms with Crippen LogP contribution in [-0.4, -0.2) is 31.2 Å². The van der Waals surface area contributed by atoms with Gasteiger partial charge in [-0.1, -0.05) is 37.6 Å². The van der Waals surface area contributed by atoms with Crippen LogP contribution in [0.3, 0.4) is 0 Å². The van der Waals surface area contributed by atoms with E-state index in [1.807, 2.05) is 13.8 Å². The SMILES string of the molecule is COC(=O)C(CC(F)(F)F)NC(=O)C(CC(C)C)c1ccc(Cl)cc1. The van der Waals surface area contributed by atoms with Crippen molar-refractivity contribution in [2.45, 2.75) is 44.8 Å². The molecule has 1 aromatic rings. The van der Waals surface area contributed by atoms with Crippen LogP contribution < -0.4 is 5.32 Å². The highest BCUT2D eigenvalue weighted by atomic mass is 35.5. The zero-order valence-corrected chi connectivity index (χ0v) is 14.9. The fourth-order valence-electron chi connectivity index (χ4n) is 2.40. The van der Waals surface area contributed by atoms with Crippen LogP contribution in [0.2, 0.25) is 5.02 Å². The summed E-state index contributed by atoms with van der Waals surface area (Å²) in [5.41, 5.74) is 0.617. The molecule has 0 saturated carbocycles. The number of rotatable bonds is 7. The lowest BCUT2D eigenvalue weighted by molar-refractivity contribution is -0.162. The van der Waals surface area contributed by atoms with E-state index in [0.29, 0.717) is 17.0 Å². The third-order valence-electron chi connectivity index (χ3n) is 3.53. The number of esters is 1. The van der Waals surface area contributed by atoms with Gasteiger partial charge < -0.3 is 10.1 Å². The molecule has 8 heteroatoms. The molecule has 1 N–H and O–H groups in total. The topological polar surface area (TPSA) is 55.4 Å². The number of carbonyl (C=O) groups excluding carboxylic acids is 2. The van der Waals surface area contributed by atoms with E-state index in [1.54, 1.807) is 24.3 Å². The predicted molar refractivity (Wildman–Crippen MR) is 88.3 cm³/mol. The standard InChI is InChI=1S/C17H21ClF3NO3/c1-10(2)8-13(11-4-6-12(18)7-5-11)15(23)22-14(16(24)25-3)9-17(19,20)21/h4-7,10,13-14H,8-9H2,1-3H3,(H,22,23). The van der Waals surface area contributed by atoms with Gasteiger partial charge in [0.2, 0.25) is 5.91 Å². The largest absolute Gasteiger partial charge is 0.467 e. The monoisotopic (exact) mass is 379 g/mol. The van der Waals surface area contributed by atoms with Crippen molar-refractivity contribution in [1.82, 2.24) is 5.32 Å². The molecule has 0 aromatic heterocycles. The highest BCUT2D eigenvalue weighted by Crippen LogP contribution is 2.27. The fourth-order valence-corrected chi connectivity index (χ4v) is 2.53. The molecule has 0 radical (unpaired) electrons. The molecule has 0 bridgehead atoms. The molecule has 0 saturated heterocycles. The van der Waals surface area contributed by atoms with Gasteiger partial charge in [0.1, 0.15) is 6.04 Å². The molecule has 1 rings (SSSR count). The molecule has 4 nitrogen and oxygen atoms in total. The van der Waals surface area contributed by atoms with E-state index >= 15 is 0 Å². The molecule has 0 fully saturated rings. The smallest absolute Gasteiger partial charge is 0.391 e. The Hall–Kier alpha value is -1.76. The van der Waals surface area contributed by atoms with Gasteiger partial charge in [-0.25, -0.2) is 4.79 Å². The molecule has 140 valence electrons.